The molecule has 144 valence electrons. The number of carbonyl (C=O) groups excluding carboxylic acids is 1. The summed E-state index contributed by atoms with van der Waals surface area (Å²) in [4.78, 5) is 23.0. The lowest BCUT2D eigenvalue weighted by atomic mass is 10.1. The van der Waals surface area contributed by atoms with E-state index in [2.05, 4.69) is 27.4 Å². The second-order valence-corrected chi connectivity index (χ2v) is 6.40. The van der Waals surface area contributed by atoms with Gasteiger partial charge in [-0.15, -0.1) is 0 Å². The Morgan fingerprint density at radius 3 is 2.32 bits per heavy atom. The number of amides is 1. The molecular weight excluding hydrogens is 355 g/mol. The van der Waals surface area contributed by atoms with Crippen LogP contribution in [0.4, 0.5) is 10.3 Å². The van der Waals surface area contributed by atoms with Gasteiger partial charge < -0.3 is 10.2 Å². The third-order valence-electron chi connectivity index (χ3n) is 4.39. The van der Waals surface area contributed by atoms with Gasteiger partial charge >= 0.3 is 0 Å². The summed E-state index contributed by atoms with van der Waals surface area (Å²) in [6, 6.07) is 16.4. The zero-order valence-corrected chi connectivity index (χ0v) is 15.8. The lowest BCUT2D eigenvalue weighted by Crippen LogP contribution is -2.27. The molecule has 0 atom stereocenters. The summed E-state index contributed by atoms with van der Waals surface area (Å²) in [5.74, 6) is 0.104. The van der Waals surface area contributed by atoms with Crippen molar-refractivity contribution in [3.05, 3.63) is 89.5 Å². The van der Waals surface area contributed by atoms with Gasteiger partial charge in [-0.2, -0.15) is 0 Å². The highest BCUT2D eigenvalue weighted by atomic mass is 19.1. The van der Waals surface area contributed by atoms with Crippen molar-refractivity contribution in [3.8, 4) is 0 Å². The lowest BCUT2D eigenvalue weighted by molar-refractivity contribution is 0.0953. The van der Waals surface area contributed by atoms with E-state index in [0.29, 0.717) is 31.0 Å². The van der Waals surface area contributed by atoms with Crippen molar-refractivity contribution in [2.24, 2.45) is 0 Å². The number of rotatable bonds is 8. The second kappa shape index (κ2) is 9.60. The van der Waals surface area contributed by atoms with E-state index in [1.165, 1.54) is 17.7 Å². The number of anilines is 1. The van der Waals surface area contributed by atoms with Crippen LogP contribution in [0.1, 0.15) is 28.4 Å². The molecule has 0 fully saturated rings. The van der Waals surface area contributed by atoms with Crippen molar-refractivity contribution in [2.45, 2.75) is 19.9 Å². The maximum Gasteiger partial charge on any atom is 0.254 e. The number of nitrogens with zero attached hydrogens (tertiary/aromatic N) is 3. The van der Waals surface area contributed by atoms with E-state index in [-0.39, 0.29) is 11.7 Å². The summed E-state index contributed by atoms with van der Waals surface area (Å²) < 4.78 is 12.9. The summed E-state index contributed by atoms with van der Waals surface area (Å²) in [7, 11) is 0. The van der Waals surface area contributed by atoms with E-state index in [4.69, 9.17) is 0 Å². The first-order valence-electron chi connectivity index (χ1n) is 9.29. The number of nitrogens with one attached hydrogen (secondary N) is 1. The predicted molar refractivity (Wildman–Crippen MR) is 108 cm³/mol. The average molecular weight is 378 g/mol. The van der Waals surface area contributed by atoms with E-state index in [1.807, 2.05) is 30.0 Å². The number of carbonyl (C=O) groups is 1. The molecule has 0 aliphatic rings. The third-order valence-corrected chi connectivity index (χ3v) is 4.39. The molecule has 0 bridgehead atoms. The fourth-order valence-corrected chi connectivity index (χ4v) is 2.80. The van der Waals surface area contributed by atoms with Gasteiger partial charge in [0.25, 0.3) is 5.91 Å². The van der Waals surface area contributed by atoms with Crippen molar-refractivity contribution < 1.29 is 9.18 Å². The minimum Gasteiger partial charge on any atom is -0.352 e. The van der Waals surface area contributed by atoms with Gasteiger partial charge in [0.05, 0.1) is 5.56 Å². The molecule has 3 aromatic rings. The van der Waals surface area contributed by atoms with Crippen LogP contribution >= 0.6 is 0 Å². The Morgan fingerprint density at radius 1 is 1.00 bits per heavy atom. The van der Waals surface area contributed by atoms with E-state index >= 15 is 0 Å². The Labute approximate surface area is 164 Å². The maximum atomic E-state index is 12.9. The first kappa shape index (κ1) is 19.5. The van der Waals surface area contributed by atoms with Crippen LogP contribution < -0.4 is 10.2 Å². The predicted octanol–water partition coefficient (Wildman–Crippen LogP) is 3.61. The first-order valence-corrected chi connectivity index (χ1v) is 9.29. The zero-order valence-electron chi connectivity index (χ0n) is 15.8. The van der Waals surface area contributed by atoms with E-state index in [9.17, 15) is 9.18 Å². The van der Waals surface area contributed by atoms with Gasteiger partial charge in [-0.1, -0.05) is 42.5 Å². The highest BCUT2D eigenvalue weighted by Gasteiger charge is 2.11. The Balaban J connectivity index is 1.55. The molecule has 0 saturated heterocycles. The number of benzene rings is 2. The van der Waals surface area contributed by atoms with Crippen LogP contribution in [-0.4, -0.2) is 29.0 Å². The molecule has 1 aromatic heterocycles. The molecule has 5 nitrogen and oxygen atoms in total. The van der Waals surface area contributed by atoms with Gasteiger partial charge in [0, 0.05) is 32.0 Å². The van der Waals surface area contributed by atoms with Crippen LogP contribution in [-0.2, 0) is 13.0 Å². The minimum atomic E-state index is -0.265. The van der Waals surface area contributed by atoms with Crippen LogP contribution in [0.3, 0.4) is 0 Å². The van der Waals surface area contributed by atoms with Crippen molar-refractivity contribution in [1.82, 2.24) is 15.3 Å². The van der Waals surface area contributed by atoms with Crippen LogP contribution in [0.15, 0.2) is 67.0 Å². The standard InChI is InChI=1S/C22H23FN4O/c1-2-27(16-18-6-4-3-5-7-18)22-25-14-19(15-26-22)21(28)24-13-12-17-8-10-20(23)11-9-17/h3-11,14-15H,2,12-13,16H2,1H3,(H,24,28). The normalized spacial score (nSPS) is 10.5. The smallest absolute Gasteiger partial charge is 0.254 e. The highest BCUT2D eigenvalue weighted by Crippen LogP contribution is 2.12. The Kier molecular flexibility index (Phi) is 6.68. The average Bonchev–Trinajstić information content (AvgIpc) is 2.74. The molecule has 0 saturated carbocycles. The molecule has 1 N–H and O–H groups in total. The highest BCUT2D eigenvalue weighted by molar-refractivity contribution is 5.93. The van der Waals surface area contributed by atoms with E-state index in [0.717, 1.165) is 12.1 Å². The van der Waals surface area contributed by atoms with Gasteiger partial charge in [0.2, 0.25) is 5.95 Å². The first-order chi connectivity index (χ1) is 13.7. The summed E-state index contributed by atoms with van der Waals surface area (Å²) >= 11 is 0. The fraction of sp³-hybridized carbons (Fsp3) is 0.227. The summed E-state index contributed by atoms with van der Waals surface area (Å²) in [6.07, 6.45) is 3.72. The Bertz CT molecular complexity index is 883. The van der Waals surface area contributed by atoms with Crippen molar-refractivity contribution in [1.29, 1.82) is 0 Å². The molecule has 0 spiro atoms. The summed E-state index contributed by atoms with van der Waals surface area (Å²) in [5, 5.41) is 2.84. The summed E-state index contributed by atoms with van der Waals surface area (Å²) in [6.45, 7) is 3.97. The Hall–Kier alpha value is -3.28. The molecule has 1 heterocycles. The molecule has 0 unspecified atom stereocenters. The van der Waals surface area contributed by atoms with Crippen LogP contribution in [0.25, 0.3) is 0 Å². The second-order valence-electron chi connectivity index (χ2n) is 6.40. The molecule has 0 aliphatic carbocycles. The van der Waals surface area contributed by atoms with Gasteiger partial charge in [-0.25, -0.2) is 14.4 Å². The summed E-state index contributed by atoms with van der Waals surface area (Å²) in [5.41, 5.74) is 2.56. The number of hydrogen-bond donors (Lipinski definition) is 1. The molecule has 3 rings (SSSR count). The lowest BCUT2D eigenvalue weighted by Gasteiger charge is -2.20. The third kappa shape index (κ3) is 5.36. The SMILES string of the molecule is CCN(Cc1ccccc1)c1ncc(C(=O)NCCc2ccc(F)cc2)cn1. The van der Waals surface area contributed by atoms with Crippen LogP contribution in [0.5, 0.6) is 0 Å². The maximum absolute atomic E-state index is 12.9. The number of aromatic nitrogens is 2. The largest absolute Gasteiger partial charge is 0.352 e. The topological polar surface area (TPSA) is 58.1 Å². The zero-order chi connectivity index (χ0) is 19.8. The van der Waals surface area contributed by atoms with Crippen LogP contribution in [0.2, 0.25) is 0 Å². The van der Waals surface area contributed by atoms with Crippen molar-refractivity contribution in [3.63, 3.8) is 0 Å². The molecule has 28 heavy (non-hydrogen) atoms. The van der Waals surface area contributed by atoms with E-state index in [1.54, 1.807) is 24.5 Å². The van der Waals surface area contributed by atoms with Crippen LogP contribution in [0, 0.1) is 5.82 Å². The van der Waals surface area contributed by atoms with Gasteiger partial charge in [-0.3, -0.25) is 4.79 Å². The monoisotopic (exact) mass is 378 g/mol. The van der Waals surface area contributed by atoms with Crippen molar-refractivity contribution >= 4 is 11.9 Å². The fourth-order valence-electron chi connectivity index (χ4n) is 2.80. The van der Waals surface area contributed by atoms with Gasteiger partial charge in [0.1, 0.15) is 5.82 Å². The molecule has 6 heteroatoms. The molecule has 1 amide bonds. The molecule has 0 radical (unpaired) electrons. The number of halogens is 1. The van der Waals surface area contributed by atoms with Gasteiger partial charge in [-0.05, 0) is 36.6 Å². The van der Waals surface area contributed by atoms with Crippen molar-refractivity contribution in [2.75, 3.05) is 18.0 Å². The molecular formula is C22H23FN4O. The number of hydrogen-bond acceptors (Lipinski definition) is 4. The van der Waals surface area contributed by atoms with Gasteiger partial charge in [0.15, 0.2) is 0 Å². The minimum absolute atomic E-state index is 0.222. The Morgan fingerprint density at radius 2 is 1.68 bits per heavy atom. The molecule has 2 aromatic carbocycles. The molecule has 0 aliphatic heterocycles. The quantitative estimate of drug-likeness (QED) is 0.651. The van der Waals surface area contributed by atoms with E-state index < -0.39 is 0 Å².